The van der Waals surface area contributed by atoms with Crippen LogP contribution in [0.15, 0.2) is 0 Å². The van der Waals surface area contributed by atoms with Gasteiger partial charge in [-0.2, -0.15) is 0 Å². The predicted molar refractivity (Wildman–Crippen MR) is 19.6 cm³/mol. The van der Waals surface area contributed by atoms with Crippen LogP contribution in [0.4, 0.5) is 0 Å². The fourth-order valence-electron chi connectivity index (χ4n) is 0. The number of rotatable bonds is 0. The van der Waals surface area contributed by atoms with Crippen LogP contribution in [0.3, 0.4) is 0 Å². The van der Waals surface area contributed by atoms with Crippen LogP contribution in [0, 0.1) is 0 Å². The first-order valence-corrected chi connectivity index (χ1v) is 4.27. The van der Waals surface area contributed by atoms with Crippen LogP contribution in [-0.4, -0.2) is 17.4 Å². The average Bonchev–Trinajstić information content (AvgIpc) is 1.00. The van der Waals surface area contributed by atoms with Crippen molar-refractivity contribution in [2.24, 2.45) is 0 Å². The molecule has 34 valence electrons. The van der Waals surface area contributed by atoms with E-state index in [1.54, 1.807) is 0 Å². The molecular formula is H5AlAuNiP. The molecule has 0 aliphatic carbocycles. The monoisotopic (exact) mass is 318 g/mol. The molecule has 0 N–H and O–H groups in total. The van der Waals surface area contributed by atoms with E-state index in [-0.39, 0.29) is 33.9 Å². The Hall–Kier alpha value is 2.20. The Labute approximate surface area is 61.1 Å². The van der Waals surface area contributed by atoms with Gasteiger partial charge in [-0.05, 0) is 0 Å². The van der Waals surface area contributed by atoms with Crippen molar-refractivity contribution < 1.29 is 37.0 Å². The van der Waals surface area contributed by atoms with Gasteiger partial charge in [-0.1, -0.05) is 0 Å². The molecule has 0 amide bonds. The quantitative estimate of drug-likeness (QED) is 0.403. The van der Waals surface area contributed by atoms with Crippen molar-refractivity contribution in [3.63, 3.8) is 0 Å². The van der Waals surface area contributed by atoms with Crippen molar-refractivity contribution in [2.75, 3.05) is 0 Å². The zero-order chi connectivity index (χ0) is 2.00. The predicted octanol–water partition coefficient (Wildman–Crippen LogP) is -0.863. The normalized spacial score (nSPS) is 1.75. The van der Waals surface area contributed by atoms with Crippen LogP contribution in [0.25, 0.3) is 0 Å². The molecule has 0 aromatic rings. The third-order valence-corrected chi connectivity index (χ3v) is 0. The number of hydrogen-bond acceptors (Lipinski definition) is 0. The van der Waals surface area contributed by atoms with Crippen LogP contribution in [0.1, 0.15) is 0 Å². The third-order valence-electron chi connectivity index (χ3n) is 0. The summed E-state index contributed by atoms with van der Waals surface area (Å²) in [7, 11) is 2.36. The Morgan fingerprint density at radius 2 is 1.25 bits per heavy atom. The first-order valence-electron chi connectivity index (χ1n) is 0.174. The van der Waals surface area contributed by atoms with E-state index in [9.17, 15) is 0 Å². The topological polar surface area (TPSA) is 0 Å². The Balaban J connectivity index is -0.00000000500. The Bertz CT molecular complexity index is 8.00. The molecule has 0 fully saturated rings. The van der Waals surface area contributed by atoms with Gasteiger partial charge >= 0.3 is 27.7 Å². The molecule has 0 radical (unpaired) electrons. The summed E-state index contributed by atoms with van der Waals surface area (Å²) in [5, 5.41) is 0. The van der Waals surface area contributed by atoms with Crippen LogP contribution in [0.2, 0.25) is 0 Å². The minimum absolute atomic E-state index is 0. The van der Waals surface area contributed by atoms with Crippen molar-refractivity contribution in [3.8, 4) is 0 Å². The van der Waals surface area contributed by atoms with Crippen LogP contribution in [-0.2, 0) is 37.0 Å². The van der Waals surface area contributed by atoms with Gasteiger partial charge in [-0.3, -0.25) is 0 Å². The van der Waals surface area contributed by atoms with E-state index in [0.717, 1.165) is 0 Å². The molecule has 0 bridgehead atoms. The van der Waals surface area contributed by atoms with Crippen LogP contribution >= 0.6 is 7.13 Å². The molecule has 0 aliphatic rings. The van der Waals surface area contributed by atoms with E-state index >= 15 is 0 Å². The molecule has 0 saturated carbocycles. The van der Waals surface area contributed by atoms with Gasteiger partial charge in [0.15, 0.2) is 17.4 Å². The maximum atomic E-state index is 2.36. The molecular weight excluding hydrogens is 314 g/mol. The van der Waals surface area contributed by atoms with Gasteiger partial charge in [-0.25, -0.2) is 0 Å². The zero-order valence-corrected chi connectivity index (χ0v) is 5.50. The number of hydrogen-bond donors (Lipinski definition) is 0. The summed E-state index contributed by atoms with van der Waals surface area (Å²) >= 11 is 2.19. The van der Waals surface area contributed by atoms with E-state index in [1.807, 2.05) is 0 Å². The molecule has 0 saturated heterocycles. The van der Waals surface area contributed by atoms with E-state index in [0.29, 0.717) is 0 Å². The maximum absolute atomic E-state index is 2.36. The van der Waals surface area contributed by atoms with Crippen LogP contribution < -0.4 is 0 Å². The van der Waals surface area contributed by atoms with Gasteiger partial charge in [0.25, 0.3) is 0 Å². The molecule has 1 atom stereocenters. The fraction of sp³-hybridized carbons (Fsp3) is 0. The summed E-state index contributed by atoms with van der Waals surface area (Å²) in [6, 6.07) is 0. The zero-order valence-electron chi connectivity index (χ0n) is 1.20. The first kappa shape index (κ1) is 16.4. The molecule has 1 unspecified atom stereocenters. The molecule has 0 aromatic heterocycles. The summed E-state index contributed by atoms with van der Waals surface area (Å²) in [5.74, 6) is 0. The summed E-state index contributed by atoms with van der Waals surface area (Å²) in [5.41, 5.74) is 0. The van der Waals surface area contributed by atoms with Crippen molar-refractivity contribution >= 4 is 24.5 Å². The summed E-state index contributed by atoms with van der Waals surface area (Å²) < 4.78 is 0. The second-order valence-electron chi connectivity index (χ2n) is 0. The van der Waals surface area contributed by atoms with Crippen molar-refractivity contribution in [2.45, 2.75) is 0 Å². The molecule has 0 heterocycles. The minimum atomic E-state index is 0. The van der Waals surface area contributed by atoms with Gasteiger partial charge in [0.1, 0.15) is 0 Å². The van der Waals surface area contributed by atoms with Crippen molar-refractivity contribution in [1.29, 1.82) is 0 Å². The Morgan fingerprint density at radius 3 is 1.25 bits per heavy atom. The van der Waals surface area contributed by atoms with E-state index in [4.69, 9.17) is 0 Å². The van der Waals surface area contributed by atoms with Crippen LogP contribution in [0.5, 0.6) is 0 Å². The molecule has 4 heteroatoms. The molecule has 0 spiro atoms. The molecule has 0 aromatic carbocycles. The molecule has 0 rings (SSSR count). The van der Waals surface area contributed by atoms with Crippen molar-refractivity contribution in [1.82, 2.24) is 0 Å². The van der Waals surface area contributed by atoms with E-state index < -0.39 is 0 Å². The third kappa shape index (κ3) is 8.89. The average molecular weight is 319 g/mol. The summed E-state index contributed by atoms with van der Waals surface area (Å²) in [4.78, 5) is 0. The Kier molecular flexibility index (Phi) is 77.7. The Morgan fingerprint density at radius 1 is 1.25 bits per heavy atom. The molecule has 0 nitrogen and oxygen atoms in total. The van der Waals surface area contributed by atoms with Gasteiger partial charge < -0.3 is 0 Å². The molecule has 0 aliphatic heterocycles. The summed E-state index contributed by atoms with van der Waals surface area (Å²) in [6.07, 6.45) is 0. The second-order valence-corrected chi connectivity index (χ2v) is 0. The van der Waals surface area contributed by atoms with Gasteiger partial charge in [0.2, 0.25) is 0 Å². The van der Waals surface area contributed by atoms with Crippen molar-refractivity contribution in [3.05, 3.63) is 0 Å². The van der Waals surface area contributed by atoms with Gasteiger partial charge in [-0.15, -0.1) is 0 Å². The first-order chi connectivity index (χ1) is 1.00. The van der Waals surface area contributed by atoms with Gasteiger partial charge in [0.05, 0.1) is 0 Å². The SMILES string of the molecule is [AlH3].[Ni].[PH2][Au]. The summed E-state index contributed by atoms with van der Waals surface area (Å²) in [6.45, 7) is 0. The van der Waals surface area contributed by atoms with E-state index in [2.05, 4.69) is 27.7 Å². The van der Waals surface area contributed by atoms with Gasteiger partial charge in [0, 0.05) is 16.5 Å². The fourth-order valence-corrected chi connectivity index (χ4v) is 0. The second kappa shape index (κ2) is 19.0. The molecule has 4 heavy (non-hydrogen) atoms. The van der Waals surface area contributed by atoms with E-state index in [1.165, 1.54) is 0 Å². The standard InChI is InChI=1S/Al.Au.Ni.H2P.3H/h;;;1H2;;;/q;+1;;-1;;;.